The molecule has 0 bridgehead atoms. The molecule has 0 aliphatic heterocycles. The van der Waals surface area contributed by atoms with E-state index in [2.05, 4.69) is 0 Å². The van der Waals surface area contributed by atoms with Gasteiger partial charge in [0.05, 0.1) is 17.4 Å². The van der Waals surface area contributed by atoms with Crippen molar-refractivity contribution in [1.29, 1.82) is 5.26 Å². The van der Waals surface area contributed by atoms with Gasteiger partial charge in [0.1, 0.15) is 0 Å². The summed E-state index contributed by atoms with van der Waals surface area (Å²) in [5, 5.41) is 8.51. The van der Waals surface area contributed by atoms with Crippen LogP contribution in [0.5, 0.6) is 0 Å². The first-order valence-corrected chi connectivity index (χ1v) is 5.81. The second-order valence-corrected chi connectivity index (χ2v) is 5.42. The topological polar surface area (TPSA) is 61.2 Å². The van der Waals surface area contributed by atoms with Crippen molar-refractivity contribution in [3.05, 3.63) is 29.8 Å². The van der Waals surface area contributed by atoms with Crippen LogP contribution in [0.15, 0.2) is 29.2 Å². The Morgan fingerprint density at radius 3 is 2.60 bits per heavy atom. The summed E-state index contributed by atoms with van der Waals surface area (Å²) in [5.41, 5.74) is 0.709. The lowest BCUT2D eigenvalue weighted by molar-refractivity contribution is 0.520. The van der Waals surface area contributed by atoms with Gasteiger partial charge in [-0.2, -0.15) is 5.26 Å². The normalized spacial score (nSPS) is 11.3. The lowest BCUT2D eigenvalue weighted by Gasteiger charge is -2.11. The molecule has 0 radical (unpaired) electrons. The van der Waals surface area contributed by atoms with E-state index >= 15 is 0 Å². The maximum absolute atomic E-state index is 11.7. The van der Waals surface area contributed by atoms with Gasteiger partial charge in [-0.05, 0) is 17.7 Å². The summed E-state index contributed by atoms with van der Waals surface area (Å²) in [4.78, 5) is 0.222. The molecule has 4 nitrogen and oxygen atoms in total. The number of sulfonamides is 1. The van der Waals surface area contributed by atoms with Crippen molar-refractivity contribution in [3.63, 3.8) is 0 Å². The number of benzene rings is 1. The molecule has 0 heterocycles. The summed E-state index contributed by atoms with van der Waals surface area (Å²) in [7, 11) is -0.437. The second-order valence-electron chi connectivity index (χ2n) is 3.27. The third-order valence-electron chi connectivity index (χ3n) is 1.96. The lowest BCUT2D eigenvalue weighted by atomic mass is 10.2. The zero-order chi connectivity index (χ0) is 11.5. The van der Waals surface area contributed by atoms with Gasteiger partial charge in [-0.25, -0.2) is 12.7 Å². The predicted molar refractivity (Wildman–Crippen MR) is 56.6 cm³/mol. The van der Waals surface area contributed by atoms with Crippen molar-refractivity contribution < 1.29 is 8.42 Å². The summed E-state index contributed by atoms with van der Waals surface area (Å²) in [6, 6.07) is 8.41. The fourth-order valence-corrected chi connectivity index (χ4v) is 2.09. The number of nitriles is 1. The zero-order valence-corrected chi connectivity index (χ0v) is 9.45. The molecule has 0 N–H and O–H groups in total. The fourth-order valence-electron chi connectivity index (χ4n) is 1.12. The molecule has 0 spiro atoms. The van der Waals surface area contributed by atoms with Crippen LogP contribution in [0.1, 0.15) is 5.56 Å². The average molecular weight is 224 g/mol. The van der Waals surface area contributed by atoms with Gasteiger partial charge in [0, 0.05) is 14.1 Å². The summed E-state index contributed by atoms with van der Waals surface area (Å²) in [6.07, 6.45) is 0.219. The van der Waals surface area contributed by atoms with Gasteiger partial charge in [0.15, 0.2) is 0 Å². The molecule has 1 rings (SSSR count). The molecular formula is C10H12N2O2S. The predicted octanol–water partition coefficient (Wildman–Crippen LogP) is 1.00. The minimum atomic E-state index is -3.39. The van der Waals surface area contributed by atoms with Gasteiger partial charge in [-0.3, -0.25) is 0 Å². The first-order valence-electron chi connectivity index (χ1n) is 4.37. The van der Waals surface area contributed by atoms with Crippen LogP contribution < -0.4 is 0 Å². The summed E-state index contributed by atoms with van der Waals surface area (Å²) >= 11 is 0. The number of hydrogen-bond acceptors (Lipinski definition) is 3. The highest BCUT2D eigenvalue weighted by Gasteiger charge is 2.16. The Hall–Kier alpha value is -1.38. The van der Waals surface area contributed by atoms with Crippen molar-refractivity contribution >= 4 is 10.0 Å². The van der Waals surface area contributed by atoms with E-state index in [1.54, 1.807) is 12.1 Å². The number of nitrogens with zero attached hydrogens (tertiary/aromatic N) is 2. The summed E-state index contributed by atoms with van der Waals surface area (Å²) in [6.45, 7) is 0. The molecule has 80 valence electrons. The molecule has 1 aromatic carbocycles. The van der Waals surface area contributed by atoms with E-state index < -0.39 is 10.0 Å². The summed E-state index contributed by atoms with van der Waals surface area (Å²) < 4.78 is 24.6. The highest BCUT2D eigenvalue weighted by atomic mass is 32.2. The molecule has 1 aromatic rings. The lowest BCUT2D eigenvalue weighted by Crippen LogP contribution is -2.22. The molecule has 0 amide bonds. The molecule has 0 atom stereocenters. The van der Waals surface area contributed by atoms with Gasteiger partial charge in [0.25, 0.3) is 0 Å². The molecule has 0 aliphatic rings. The Labute approximate surface area is 89.8 Å². The van der Waals surface area contributed by atoms with Gasteiger partial charge >= 0.3 is 0 Å². The van der Waals surface area contributed by atoms with Crippen molar-refractivity contribution in [2.45, 2.75) is 11.3 Å². The molecule has 0 aliphatic carbocycles. The Bertz CT molecular complexity index is 486. The smallest absolute Gasteiger partial charge is 0.207 e. The first-order chi connectivity index (χ1) is 6.98. The van der Waals surface area contributed by atoms with E-state index in [9.17, 15) is 8.42 Å². The van der Waals surface area contributed by atoms with E-state index in [1.807, 2.05) is 6.07 Å². The maximum atomic E-state index is 11.7. The van der Waals surface area contributed by atoms with E-state index in [0.717, 1.165) is 4.31 Å². The Morgan fingerprint density at radius 2 is 2.07 bits per heavy atom. The van der Waals surface area contributed by atoms with Crippen LogP contribution in [0.4, 0.5) is 0 Å². The number of hydrogen-bond donors (Lipinski definition) is 0. The molecule has 15 heavy (non-hydrogen) atoms. The van der Waals surface area contributed by atoms with Gasteiger partial charge in [0.2, 0.25) is 10.0 Å². The quantitative estimate of drug-likeness (QED) is 0.769. The Morgan fingerprint density at radius 1 is 1.40 bits per heavy atom. The second kappa shape index (κ2) is 4.43. The van der Waals surface area contributed by atoms with Crippen molar-refractivity contribution in [2.24, 2.45) is 0 Å². The van der Waals surface area contributed by atoms with Crippen molar-refractivity contribution in [1.82, 2.24) is 4.31 Å². The average Bonchev–Trinajstić information content (AvgIpc) is 2.18. The third kappa shape index (κ3) is 2.55. The zero-order valence-electron chi connectivity index (χ0n) is 8.64. The molecule has 0 unspecified atom stereocenters. The highest BCUT2D eigenvalue weighted by molar-refractivity contribution is 7.89. The monoisotopic (exact) mass is 224 g/mol. The van der Waals surface area contributed by atoms with Crippen molar-refractivity contribution in [3.8, 4) is 6.07 Å². The van der Waals surface area contributed by atoms with E-state index in [-0.39, 0.29) is 11.3 Å². The Balaban J connectivity index is 3.18. The maximum Gasteiger partial charge on any atom is 0.242 e. The van der Waals surface area contributed by atoms with Gasteiger partial charge < -0.3 is 0 Å². The minimum absolute atomic E-state index is 0.219. The van der Waals surface area contributed by atoms with Crippen LogP contribution in [-0.4, -0.2) is 26.8 Å². The summed E-state index contributed by atoms with van der Waals surface area (Å²) in [5.74, 6) is 0. The minimum Gasteiger partial charge on any atom is -0.207 e. The van der Waals surface area contributed by atoms with Crippen LogP contribution in [0.2, 0.25) is 0 Å². The van der Waals surface area contributed by atoms with Crippen molar-refractivity contribution in [2.75, 3.05) is 14.1 Å². The SMILES string of the molecule is CN(C)S(=O)(=O)c1cccc(CC#N)c1. The van der Waals surface area contributed by atoms with Crippen LogP contribution in [0, 0.1) is 11.3 Å². The Kier molecular flexibility index (Phi) is 3.45. The molecular weight excluding hydrogens is 212 g/mol. The van der Waals surface area contributed by atoms with Gasteiger partial charge in [-0.15, -0.1) is 0 Å². The van der Waals surface area contributed by atoms with Crippen LogP contribution in [0.3, 0.4) is 0 Å². The molecule has 0 aromatic heterocycles. The van der Waals surface area contributed by atoms with Crippen LogP contribution >= 0.6 is 0 Å². The van der Waals surface area contributed by atoms with E-state index in [0.29, 0.717) is 5.56 Å². The highest BCUT2D eigenvalue weighted by Crippen LogP contribution is 2.14. The number of rotatable bonds is 3. The molecule has 0 fully saturated rings. The van der Waals surface area contributed by atoms with E-state index in [4.69, 9.17) is 5.26 Å². The van der Waals surface area contributed by atoms with E-state index in [1.165, 1.54) is 26.2 Å². The molecule has 0 saturated carbocycles. The third-order valence-corrected chi connectivity index (χ3v) is 3.77. The molecule has 0 saturated heterocycles. The standard InChI is InChI=1S/C10H12N2O2S/c1-12(2)15(13,14)10-5-3-4-9(8-10)6-7-11/h3-5,8H,6H2,1-2H3. The van der Waals surface area contributed by atoms with Gasteiger partial charge in [-0.1, -0.05) is 12.1 Å². The largest absolute Gasteiger partial charge is 0.242 e. The van der Waals surface area contributed by atoms with Crippen LogP contribution in [0.25, 0.3) is 0 Å². The van der Waals surface area contributed by atoms with Crippen LogP contribution in [-0.2, 0) is 16.4 Å². The first kappa shape index (κ1) is 11.7. The molecule has 5 heteroatoms. The fraction of sp³-hybridized carbons (Fsp3) is 0.300.